The van der Waals surface area contributed by atoms with Gasteiger partial charge in [0.05, 0.1) is 22.5 Å². The van der Waals surface area contributed by atoms with Crippen LogP contribution in [0.5, 0.6) is 0 Å². The van der Waals surface area contributed by atoms with Crippen LogP contribution in [0.2, 0.25) is 0 Å². The summed E-state index contributed by atoms with van der Waals surface area (Å²) in [4.78, 5) is 19.7. The van der Waals surface area contributed by atoms with Crippen LogP contribution in [0, 0.1) is 13.8 Å². The predicted octanol–water partition coefficient (Wildman–Crippen LogP) is 4.30. The van der Waals surface area contributed by atoms with Gasteiger partial charge in [0.2, 0.25) is 0 Å². The number of nitrogens with one attached hydrogen (secondary N) is 1. The largest absolute Gasteiger partial charge is 0.422 e. The zero-order valence-electron chi connectivity index (χ0n) is 18.5. The van der Waals surface area contributed by atoms with Gasteiger partial charge < -0.3 is 19.0 Å². The molecule has 0 aliphatic carbocycles. The molecule has 3 aromatic heterocycles. The normalized spacial score (nSPS) is 16.8. The molecule has 6 heteroatoms. The molecule has 0 saturated carbocycles. The van der Waals surface area contributed by atoms with Gasteiger partial charge in [0, 0.05) is 60.3 Å². The zero-order chi connectivity index (χ0) is 21.7. The first-order chi connectivity index (χ1) is 14.9. The number of anilines is 1. The number of rotatable bonds is 4. The van der Waals surface area contributed by atoms with Crippen molar-refractivity contribution < 1.29 is 4.42 Å². The van der Waals surface area contributed by atoms with E-state index in [2.05, 4.69) is 35.1 Å². The second-order valence-corrected chi connectivity index (χ2v) is 8.91. The molecule has 1 atom stereocenters. The molecule has 1 aliphatic heterocycles. The quantitative estimate of drug-likeness (QED) is 0.503. The van der Waals surface area contributed by atoms with E-state index in [9.17, 15) is 4.79 Å². The molecular formula is C25H28N4O2. The lowest BCUT2D eigenvalue weighted by Gasteiger charge is -2.20. The molecule has 1 fully saturated rings. The van der Waals surface area contributed by atoms with Crippen molar-refractivity contribution in [2.24, 2.45) is 0 Å². The molecule has 4 aromatic rings. The minimum atomic E-state index is -0.316. The van der Waals surface area contributed by atoms with Crippen LogP contribution >= 0.6 is 0 Å². The topological polar surface area (TPSA) is 62.8 Å². The van der Waals surface area contributed by atoms with E-state index in [1.807, 2.05) is 54.9 Å². The second kappa shape index (κ2) is 7.54. The molecule has 0 radical (unpaired) electrons. The van der Waals surface area contributed by atoms with E-state index >= 15 is 0 Å². The molecule has 6 nitrogen and oxygen atoms in total. The maximum absolute atomic E-state index is 12.9. The second-order valence-electron chi connectivity index (χ2n) is 8.91. The van der Waals surface area contributed by atoms with Gasteiger partial charge in [0.1, 0.15) is 5.58 Å². The number of aryl methyl sites for hydroxylation is 2. The van der Waals surface area contributed by atoms with E-state index < -0.39 is 0 Å². The van der Waals surface area contributed by atoms with Gasteiger partial charge in [0.25, 0.3) is 0 Å². The standard InChI is InChI=1S/C25H28N4O2/c1-15(2)26-20-7-8-28(14-20)21-6-5-18-9-22(25(30)31-24(18)11-21)19-10-23-17(4)27-16(3)12-29(23)13-19/h5-6,9-13,15,20,26H,7-8,14H2,1-4H3/t20-/m0/s1. The summed E-state index contributed by atoms with van der Waals surface area (Å²) in [6.45, 7) is 10.3. The van der Waals surface area contributed by atoms with E-state index in [-0.39, 0.29) is 5.63 Å². The molecule has 0 spiro atoms. The molecule has 160 valence electrons. The summed E-state index contributed by atoms with van der Waals surface area (Å²) < 4.78 is 7.79. The fourth-order valence-corrected chi connectivity index (χ4v) is 4.68. The highest BCUT2D eigenvalue weighted by Gasteiger charge is 2.23. The van der Waals surface area contributed by atoms with Crippen molar-refractivity contribution in [3.05, 3.63) is 64.5 Å². The van der Waals surface area contributed by atoms with Gasteiger partial charge in [0.15, 0.2) is 0 Å². The lowest BCUT2D eigenvalue weighted by molar-refractivity contribution is 0.492. The Balaban J connectivity index is 1.49. The van der Waals surface area contributed by atoms with Gasteiger partial charge in [-0.3, -0.25) is 4.98 Å². The molecule has 0 amide bonds. The van der Waals surface area contributed by atoms with Gasteiger partial charge in [-0.1, -0.05) is 13.8 Å². The van der Waals surface area contributed by atoms with Crippen LogP contribution in [-0.2, 0) is 0 Å². The van der Waals surface area contributed by atoms with Gasteiger partial charge >= 0.3 is 5.63 Å². The molecule has 5 rings (SSSR count). The molecule has 1 aromatic carbocycles. The number of benzene rings is 1. The summed E-state index contributed by atoms with van der Waals surface area (Å²) in [5.74, 6) is 0. The fourth-order valence-electron chi connectivity index (χ4n) is 4.68. The Morgan fingerprint density at radius 3 is 2.81 bits per heavy atom. The molecule has 1 aliphatic rings. The molecule has 1 saturated heterocycles. The van der Waals surface area contributed by atoms with Crippen molar-refractivity contribution in [1.29, 1.82) is 0 Å². The van der Waals surface area contributed by atoms with E-state index in [0.717, 1.165) is 53.1 Å². The van der Waals surface area contributed by atoms with Gasteiger partial charge in [-0.2, -0.15) is 0 Å². The number of hydrogen-bond acceptors (Lipinski definition) is 5. The number of nitrogens with zero attached hydrogens (tertiary/aromatic N) is 3. The predicted molar refractivity (Wildman–Crippen MR) is 125 cm³/mol. The fraction of sp³-hybridized carbons (Fsp3) is 0.360. The third kappa shape index (κ3) is 3.72. The Bertz CT molecular complexity index is 1330. The van der Waals surface area contributed by atoms with Crippen molar-refractivity contribution in [3.8, 4) is 11.1 Å². The zero-order valence-corrected chi connectivity index (χ0v) is 18.5. The molecule has 0 bridgehead atoms. The summed E-state index contributed by atoms with van der Waals surface area (Å²) in [5.41, 5.74) is 5.71. The van der Waals surface area contributed by atoms with Gasteiger partial charge in [-0.05, 0) is 44.5 Å². The summed E-state index contributed by atoms with van der Waals surface area (Å²) in [6, 6.07) is 11.1. The van der Waals surface area contributed by atoms with Gasteiger partial charge in [-0.25, -0.2) is 4.79 Å². The maximum atomic E-state index is 12.9. The van der Waals surface area contributed by atoms with E-state index in [1.54, 1.807) is 0 Å². The Morgan fingerprint density at radius 1 is 1.16 bits per heavy atom. The van der Waals surface area contributed by atoms with Crippen LogP contribution in [0.15, 0.2) is 51.9 Å². The highest BCUT2D eigenvalue weighted by Crippen LogP contribution is 2.28. The Hall–Kier alpha value is -3.12. The first-order valence-electron chi connectivity index (χ1n) is 10.9. The maximum Gasteiger partial charge on any atom is 0.344 e. The van der Waals surface area contributed by atoms with E-state index in [4.69, 9.17) is 4.42 Å². The number of fused-ring (bicyclic) bond motifs is 2. The molecule has 1 N–H and O–H groups in total. The Morgan fingerprint density at radius 2 is 2.00 bits per heavy atom. The van der Waals surface area contributed by atoms with Crippen molar-refractivity contribution in [2.75, 3.05) is 18.0 Å². The summed E-state index contributed by atoms with van der Waals surface area (Å²) in [7, 11) is 0. The van der Waals surface area contributed by atoms with Crippen LogP contribution in [-0.4, -0.2) is 34.6 Å². The number of hydrogen-bond donors (Lipinski definition) is 1. The Kier molecular flexibility index (Phi) is 4.82. The third-order valence-corrected chi connectivity index (χ3v) is 6.04. The summed E-state index contributed by atoms with van der Waals surface area (Å²) in [5, 5.41) is 4.54. The highest BCUT2D eigenvalue weighted by atomic mass is 16.4. The molecule has 31 heavy (non-hydrogen) atoms. The van der Waals surface area contributed by atoms with Crippen LogP contribution in [0.25, 0.3) is 27.6 Å². The summed E-state index contributed by atoms with van der Waals surface area (Å²) in [6.07, 6.45) is 5.06. The molecule has 0 unspecified atom stereocenters. The monoisotopic (exact) mass is 416 g/mol. The van der Waals surface area contributed by atoms with Crippen molar-refractivity contribution in [2.45, 2.75) is 46.2 Å². The average molecular weight is 417 g/mol. The SMILES string of the molecule is Cc1cn2cc(-c3cc4ccc(N5CC[C@H](NC(C)C)C5)cc4oc3=O)cc2c(C)n1. The lowest BCUT2D eigenvalue weighted by Crippen LogP contribution is -2.37. The molecular weight excluding hydrogens is 388 g/mol. The first kappa shape index (κ1) is 19.8. The lowest BCUT2D eigenvalue weighted by atomic mass is 10.1. The van der Waals surface area contributed by atoms with Crippen LogP contribution in [0.4, 0.5) is 5.69 Å². The van der Waals surface area contributed by atoms with Crippen LogP contribution in [0.3, 0.4) is 0 Å². The highest BCUT2D eigenvalue weighted by molar-refractivity contribution is 5.85. The van der Waals surface area contributed by atoms with Crippen molar-refractivity contribution in [3.63, 3.8) is 0 Å². The summed E-state index contributed by atoms with van der Waals surface area (Å²) >= 11 is 0. The third-order valence-electron chi connectivity index (χ3n) is 6.04. The first-order valence-corrected chi connectivity index (χ1v) is 10.9. The van der Waals surface area contributed by atoms with E-state index in [0.29, 0.717) is 23.2 Å². The van der Waals surface area contributed by atoms with Crippen LogP contribution < -0.4 is 15.8 Å². The number of aromatic nitrogens is 2. The van der Waals surface area contributed by atoms with Crippen molar-refractivity contribution >= 4 is 22.2 Å². The smallest absolute Gasteiger partial charge is 0.344 e. The minimum absolute atomic E-state index is 0.316. The van der Waals surface area contributed by atoms with Crippen molar-refractivity contribution in [1.82, 2.24) is 14.7 Å². The average Bonchev–Trinajstić information content (AvgIpc) is 3.33. The van der Waals surface area contributed by atoms with Crippen LogP contribution in [0.1, 0.15) is 31.7 Å². The molecule has 4 heterocycles. The van der Waals surface area contributed by atoms with Gasteiger partial charge in [-0.15, -0.1) is 0 Å². The minimum Gasteiger partial charge on any atom is -0.422 e. The van der Waals surface area contributed by atoms with E-state index in [1.165, 1.54) is 0 Å². The Labute approximate surface area is 181 Å².